The van der Waals surface area contributed by atoms with Gasteiger partial charge in [0.25, 0.3) is 0 Å². The zero-order valence-corrected chi connectivity index (χ0v) is 16.0. The fourth-order valence-corrected chi connectivity index (χ4v) is 3.42. The second kappa shape index (κ2) is 9.02. The lowest BCUT2D eigenvalue weighted by Crippen LogP contribution is -2.30. The van der Waals surface area contributed by atoms with Crippen molar-refractivity contribution in [1.29, 1.82) is 0 Å². The van der Waals surface area contributed by atoms with Gasteiger partial charge < -0.3 is 20.2 Å². The van der Waals surface area contributed by atoms with E-state index in [4.69, 9.17) is 0 Å². The number of benzene rings is 2. The number of para-hydroxylation sites is 1. The van der Waals surface area contributed by atoms with Crippen molar-refractivity contribution in [2.45, 2.75) is 31.4 Å². The van der Waals surface area contributed by atoms with E-state index in [0.717, 1.165) is 28.6 Å². The zero-order valence-electron chi connectivity index (χ0n) is 16.0. The third-order valence-corrected chi connectivity index (χ3v) is 4.95. The minimum absolute atomic E-state index is 0.159. The molecular formula is C22H20F3N2O3-. The first kappa shape index (κ1) is 21.4. The molecule has 2 aromatic carbocycles. The van der Waals surface area contributed by atoms with Crippen molar-refractivity contribution in [2.75, 3.05) is 6.54 Å². The van der Waals surface area contributed by atoms with Gasteiger partial charge in [0.15, 0.2) is 0 Å². The average molecular weight is 417 g/mol. The lowest BCUT2D eigenvalue weighted by atomic mass is 9.91. The molecule has 0 bridgehead atoms. The largest absolute Gasteiger partial charge is 0.550 e. The molecule has 3 rings (SSSR count). The first-order valence-corrected chi connectivity index (χ1v) is 9.42. The molecule has 0 unspecified atom stereocenters. The predicted molar refractivity (Wildman–Crippen MR) is 103 cm³/mol. The number of carboxylic acids is 1. The van der Waals surface area contributed by atoms with E-state index in [9.17, 15) is 27.9 Å². The molecule has 0 aliphatic carbocycles. The molecule has 0 fully saturated rings. The van der Waals surface area contributed by atoms with Gasteiger partial charge in [0.2, 0.25) is 5.91 Å². The van der Waals surface area contributed by atoms with Gasteiger partial charge in [0.1, 0.15) is 0 Å². The topological polar surface area (TPSA) is 85.0 Å². The van der Waals surface area contributed by atoms with Crippen LogP contribution in [-0.4, -0.2) is 23.4 Å². The van der Waals surface area contributed by atoms with Gasteiger partial charge in [-0.2, -0.15) is 13.2 Å². The quantitative estimate of drug-likeness (QED) is 0.591. The molecule has 30 heavy (non-hydrogen) atoms. The fraction of sp³-hybridized carbons (Fsp3) is 0.273. The van der Waals surface area contributed by atoms with Gasteiger partial charge >= 0.3 is 6.18 Å². The van der Waals surface area contributed by atoms with E-state index in [1.165, 1.54) is 12.1 Å². The number of nitrogens with one attached hydrogen (secondary N) is 2. The van der Waals surface area contributed by atoms with Crippen LogP contribution in [0.5, 0.6) is 0 Å². The van der Waals surface area contributed by atoms with Crippen LogP contribution in [0.2, 0.25) is 0 Å². The minimum Gasteiger partial charge on any atom is -0.550 e. The first-order valence-electron chi connectivity index (χ1n) is 9.42. The summed E-state index contributed by atoms with van der Waals surface area (Å²) in [6.07, 6.45) is -2.64. The summed E-state index contributed by atoms with van der Waals surface area (Å²) in [5.41, 5.74) is 1.55. The molecule has 0 saturated heterocycles. The number of aliphatic carboxylic acids is 1. The predicted octanol–water partition coefficient (Wildman–Crippen LogP) is 3.16. The number of aromatic nitrogens is 1. The molecule has 0 saturated carbocycles. The van der Waals surface area contributed by atoms with Crippen molar-refractivity contribution in [3.05, 3.63) is 71.4 Å². The Morgan fingerprint density at radius 3 is 2.40 bits per heavy atom. The summed E-state index contributed by atoms with van der Waals surface area (Å²) in [6, 6.07) is 11.9. The maximum atomic E-state index is 12.7. The van der Waals surface area contributed by atoms with Crippen LogP contribution in [0.3, 0.4) is 0 Å². The van der Waals surface area contributed by atoms with E-state index in [1.807, 2.05) is 30.5 Å². The standard InChI is InChI=1S/C22H21F3N2O3/c23-22(24,25)17-7-5-14(6-8-17)16(12-21(29)30)11-20(28)26-10-9-15-13-27-19-4-2-1-3-18(15)19/h1-8,13,16,27H,9-12H2,(H,26,28)(H,29,30)/p-1/t16-/m0/s1. The smallest absolute Gasteiger partial charge is 0.416 e. The van der Waals surface area contributed by atoms with Crippen LogP contribution >= 0.6 is 0 Å². The van der Waals surface area contributed by atoms with Crippen LogP contribution in [0.1, 0.15) is 35.4 Å². The van der Waals surface area contributed by atoms with E-state index in [0.29, 0.717) is 18.5 Å². The van der Waals surface area contributed by atoms with Crippen LogP contribution in [-0.2, 0) is 22.2 Å². The fourth-order valence-electron chi connectivity index (χ4n) is 3.42. The third-order valence-electron chi connectivity index (χ3n) is 4.95. The molecule has 5 nitrogen and oxygen atoms in total. The van der Waals surface area contributed by atoms with E-state index in [1.54, 1.807) is 0 Å². The number of carbonyl (C=O) groups excluding carboxylic acids is 2. The highest BCUT2D eigenvalue weighted by molar-refractivity contribution is 5.83. The summed E-state index contributed by atoms with van der Waals surface area (Å²) < 4.78 is 38.2. The normalized spacial score (nSPS) is 12.6. The molecule has 0 aliphatic heterocycles. The maximum absolute atomic E-state index is 12.7. The van der Waals surface area contributed by atoms with E-state index >= 15 is 0 Å². The Labute approximate surface area is 170 Å². The van der Waals surface area contributed by atoms with Crippen LogP contribution < -0.4 is 10.4 Å². The third kappa shape index (κ3) is 5.40. The highest BCUT2D eigenvalue weighted by Crippen LogP contribution is 2.31. The number of hydrogen-bond acceptors (Lipinski definition) is 3. The Kier molecular flexibility index (Phi) is 6.44. The Morgan fingerprint density at radius 1 is 1.03 bits per heavy atom. The number of alkyl halides is 3. The molecule has 1 atom stereocenters. The number of rotatable bonds is 8. The van der Waals surface area contributed by atoms with Crippen molar-refractivity contribution in [3.8, 4) is 0 Å². The lowest BCUT2D eigenvalue weighted by molar-refractivity contribution is -0.306. The average Bonchev–Trinajstić information content (AvgIpc) is 3.10. The zero-order chi connectivity index (χ0) is 21.7. The van der Waals surface area contributed by atoms with E-state index in [-0.39, 0.29) is 12.3 Å². The number of hydrogen-bond donors (Lipinski definition) is 2. The summed E-state index contributed by atoms with van der Waals surface area (Å²) in [5.74, 6) is -2.52. The number of aromatic amines is 1. The van der Waals surface area contributed by atoms with Crippen LogP contribution in [0.15, 0.2) is 54.7 Å². The molecule has 1 aromatic heterocycles. The first-order chi connectivity index (χ1) is 14.2. The van der Waals surface area contributed by atoms with Gasteiger partial charge in [0, 0.05) is 36.0 Å². The van der Waals surface area contributed by atoms with Crippen LogP contribution in [0.4, 0.5) is 13.2 Å². The Hall–Kier alpha value is -3.29. The molecule has 1 amide bonds. The second-order valence-corrected chi connectivity index (χ2v) is 7.06. The molecule has 8 heteroatoms. The van der Waals surface area contributed by atoms with Crippen molar-refractivity contribution >= 4 is 22.8 Å². The second-order valence-electron chi connectivity index (χ2n) is 7.06. The van der Waals surface area contributed by atoms with Gasteiger partial charge in [-0.1, -0.05) is 30.3 Å². The summed E-state index contributed by atoms with van der Waals surface area (Å²) in [7, 11) is 0. The monoisotopic (exact) mass is 417 g/mol. The Bertz CT molecular complexity index is 1030. The van der Waals surface area contributed by atoms with Crippen LogP contribution in [0, 0.1) is 0 Å². The van der Waals surface area contributed by atoms with Gasteiger partial charge in [-0.05, 0) is 48.1 Å². The number of fused-ring (bicyclic) bond motifs is 1. The lowest BCUT2D eigenvalue weighted by Gasteiger charge is -2.18. The van der Waals surface area contributed by atoms with Crippen LogP contribution in [0.25, 0.3) is 10.9 Å². The van der Waals surface area contributed by atoms with Gasteiger partial charge in [0.05, 0.1) is 5.56 Å². The molecule has 158 valence electrons. The molecule has 3 aromatic rings. The molecule has 1 heterocycles. The molecule has 2 N–H and O–H groups in total. The number of halogens is 3. The highest BCUT2D eigenvalue weighted by atomic mass is 19.4. The van der Waals surface area contributed by atoms with Crippen molar-refractivity contribution < 1.29 is 27.9 Å². The summed E-state index contributed by atoms with van der Waals surface area (Å²) in [5, 5.41) is 14.9. The van der Waals surface area contributed by atoms with Crippen molar-refractivity contribution in [3.63, 3.8) is 0 Å². The highest BCUT2D eigenvalue weighted by Gasteiger charge is 2.30. The maximum Gasteiger partial charge on any atom is 0.416 e. The number of carbonyl (C=O) groups is 2. The van der Waals surface area contributed by atoms with E-state index in [2.05, 4.69) is 10.3 Å². The van der Waals surface area contributed by atoms with Gasteiger partial charge in [-0.15, -0.1) is 0 Å². The van der Waals surface area contributed by atoms with Gasteiger partial charge in [-0.25, -0.2) is 0 Å². The number of amides is 1. The summed E-state index contributed by atoms with van der Waals surface area (Å²) >= 11 is 0. The molecule has 0 aliphatic rings. The molecule has 0 spiro atoms. The Balaban J connectivity index is 1.60. The Morgan fingerprint density at radius 2 is 1.73 bits per heavy atom. The van der Waals surface area contributed by atoms with Gasteiger partial charge in [-0.3, -0.25) is 4.79 Å². The van der Waals surface area contributed by atoms with Crippen molar-refractivity contribution in [1.82, 2.24) is 10.3 Å². The minimum atomic E-state index is -4.48. The van der Waals surface area contributed by atoms with E-state index < -0.39 is 30.0 Å². The summed E-state index contributed by atoms with van der Waals surface area (Å²) in [4.78, 5) is 26.5. The molecular weight excluding hydrogens is 397 g/mol. The summed E-state index contributed by atoms with van der Waals surface area (Å²) in [6.45, 7) is 0.353. The number of carboxylic acid groups (broad SMARTS) is 1. The molecule has 0 radical (unpaired) electrons. The van der Waals surface area contributed by atoms with Crippen molar-refractivity contribution in [2.24, 2.45) is 0 Å². The number of H-pyrrole nitrogens is 1. The SMILES string of the molecule is O=C([O-])C[C@H](CC(=O)NCCc1c[nH]c2ccccc12)c1ccc(C(F)(F)F)cc1.